The van der Waals surface area contributed by atoms with Crippen molar-refractivity contribution in [3.8, 4) is 0 Å². The molecule has 0 aromatic heterocycles. The topological polar surface area (TPSA) is 147 Å². The van der Waals surface area contributed by atoms with Crippen molar-refractivity contribution in [3.05, 3.63) is 32.9 Å². The molecule has 5 N–H and O–H groups in total. The minimum atomic E-state index is -1.35. The Hall–Kier alpha value is -2.19. The highest BCUT2D eigenvalue weighted by molar-refractivity contribution is 5.93. The fourth-order valence-electron chi connectivity index (χ4n) is 1.89. The Kier molecular flexibility index (Phi) is 4.79. The average Bonchev–Trinajstić information content (AvgIpc) is 2.33. The first-order valence-corrected chi connectivity index (χ1v) is 5.47. The van der Waals surface area contributed by atoms with E-state index in [4.69, 9.17) is 21.1 Å². The van der Waals surface area contributed by atoms with E-state index in [-0.39, 0.29) is 48.4 Å². The molecule has 0 aliphatic heterocycles. The lowest BCUT2D eigenvalue weighted by Crippen LogP contribution is -2.13. The number of carboxylic acid groups (broad SMARTS) is 1. The van der Waals surface area contributed by atoms with Crippen LogP contribution in [-0.4, -0.2) is 39.4 Å². The smallest absolute Gasteiger partial charge is 0.336 e. The van der Waals surface area contributed by atoms with Crippen LogP contribution in [0.4, 0.5) is 11.4 Å². The second kappa shape index (κ2) is 6.12. The summed E-state index contributed by atoms with van der Waals surface area (Å²) in [6.45, 7) is -0.684. The van der Waals surface area contributed by atoms with Gasteiger partial charge in [0.25, 0.3) is 5.69 Å². The molecule has 0 saturated carbocycles. The number of nitro benzene ring substituents is 1. The number of nitrogens with zero attached hydrogens (tertiary/aromatic N) is 1. The fourth-order valence-corrected chi connectivity index (χ4v) is 1.89. The third-order valence-corrected chi connectivity index (χ3v) is 2.72. The van der Waals surface area contributed by atoms with Crippen molar-refractivity contribution in [1.29, 1.82) is 0 Å². The van der Waals surface area contributed by atoms with E-state index in [1.54, 1.807) is 0 Å². The summed E-state index contributed by atoms with van der Waals surface area (Å²) in [5.74, 6) is -1.35. The molecule has 19 heavy (non-hydrogen) atoms. The molecule has 0 atom stereocenters. The van der Waals surface area contributed by atoms with Crippen molar-refractivity contribution in [1.82, 2.24) is 0 Å². The normalized spacial score (nSPS) is 10.4. The van der Waals surface area contributed by atoms with Crippen LogP contribution in [0.25, 0.3) is 0 Å². The summed E-state index contributed by atoms with van der Waals surface area (Å²) in [5.41, 5.74) is 5.16. The maximum absolute atomic E-state index is 11.1. The van der Waals surface area contributed by atoms with Crippen molar-refractivity contribution in [2.24, 2.45) is 0 Å². The van der Waals surface area contributed by atoms with E-state index in [0.29, 0.717) is 0 Å². The molecule has 8 heteroatoms. The van der Waals surface area contributed by atoms with Crippen LogP contribution in [0.15, 0.2) is 6.07 Å². The van der Waals surface area contributed by atoms with Crippen LogP contribution >= 0.6 is 0 Å². The molecule has 0 amide bonds. The molecule has 0 aliphatic rings. The van der Waals surface area contributed by atoms with Crippen molar-refractivity contribution in [2.75, 3.05) is 18.9 Å². The third kappa shape index (κ3) is 2.98. The van der Waals surface area contributed by atoms with Gasteiger partial charge in [0, 0.05) is 31.4 Å². The van der Waals surface area contributed by atoms with Gasteiger partial charge in [-0.2, -0.15) is 0 Å². The predicted octanol–water partition coefficient (Wildman–Crippen LogP) is -0.0552. The van der Waals surface area contributed by atoms with Crippen molar-refractivity contribution in [2.45, 2.75) is 12.8 Å². The standard InChI is InChI=1S/C11H14N2O6/c12-10-6(1-3-14)8(11(16)17)5-9(13(18)19)7(10)2-4-15/h5,14-15H,1-4,12H2,(H,16,17). The van der Waals surface area contributed by atoms with Gasteiger partial charge in [-0.05, 0) is 12.0 Å². The number of carboxylic acids is 1. The van der Waals surface area contributed by atoms with E-state index < -0.39 is 16.6 Å². The molecule has 0 aliphatic carbocycles. The number of aliphatic hydroxyl groups is 2. The SMILES string of the molecule is Nc1c(CCO)c(C(=O)O)cc([N+](=O)[O-])c1CCO. The first kappa shape index (κ1) is 14.9. The van der Waals surface area contributed by atoms with Crippen LogP contribution in [0.2, 0.25) is 0 Å². The summed E-state index contributed by atoms with van der Waals surface area (Å²) in [4.78, 5) is 21.3. The highest BCUT2D eigenvalue weighted by Crippen LogP contribution is 2.32. The van der Waals surface area contributed by atoms with Gasteiger partial charge in [0.05, 0.1) is 16.1 Å². The molecule has 1 aromatic carbocycles. The fraction of sp³-hybridized carbons (Fsp3) is 0.364. The van der Waals surface area contributed by atoms with Gasteiger partial charge in [0.2, 0.25) is 0 Å². The van der Waals surface area contributed by atoms with Crippen molar-refractivity contribution in [3.63, 3.8) is 0 Å². The molecule has 0 spiro atoms. The van der Waals surface area contributed by atoms with Crippen LogP contribution < -0.4 is 5.73 Å². The summed E-state index contributed by atoms with van der Waals surface area (Å²) in [7, 11) is 0. The van der Waals surface area contributed by atoms with Crippen molar-refractivity contribution < 1.29 is 25.0 Å². The molecular weight excluding hydrogens is 256 g/mol. The van der Waals surface area contributed by atoms with Gasteiger partial charge in [0.15, 0.2) is 0 Å². The number of aliphatic hydroxyl groups excluding tert-OH is 2. The molecule has 8 nitrogen and oxygen atoms in total. The van der Waals surface area contributed by atoms with Crippen LogP contribution in [0.3, 0.4) is 0 Å². The van der Waals surface area contributed by atoms with Gasteiger partial charge in [-0.25, -0.2) is 4.79 Å². The Bertz CT molecular complexity index is 472. The number of benzene rings is 1. The van der Waals surface area contributed by atoms with Crippen LogP contribution in [0.1, 0.15) is 21.5 Å². The van der Waals surface area contributed by atoms with Gasteiger partial charge in [-0.3, -0.25) is 10.1 Å². The quantitative estimate of drug-likeness (QED) is 0.321. The first-order valence-electron chi connectivity index (χ1n) is 5.47. The molecule has 1 rings (SSSR count). The highest BCUT2D eigenvalue weighted by Gasteiger charge is 2.25. The lowest BCUT2D eigenvalue weighted by atomic mass is 9.95. The molecule has 0 heterocycles. The average molecular weight is 270 g/mol. The number of carbonyl (C=O) groups is 1. The zero-order valence-electron chi connectivity index (χ0n) is 10.00. The first-order chi connectivity index (χ1) is 8.93. The number of aromatic carboxylic acids is 1. The largest absolute Gasteiger partial charge is 0.478 e. The van der Waals surface area contributed by atoms with Gasteiger partial charge in [0.1, 0.15) is 0 Å². The second-order valence-electron chi connectivity index (χ2n) is 3.82. The minimum Gasteiger partial charge on any atom is -0.478 e. The molecule has 0 unspecified atom stereocenters. The second-order valence-corrected chi connectivity index (χ2v) is 3.82. The minimum absolute atomic E-state index is 0.0239. The number of hydrogen-bond acceptors (Lipinski definition) is 6. The Labute approximate surface area is 108 Å². The summed E-state index contributed by atoms with van der Waals surface area (Å²) in [6.07, 6.45) is -0.0790. The summed E-state index contributed by atoms with van der Waals surface area (Å²) >= 11 is 0. The summed E-state index contributed by atoms with van der Waals surface area (Å²) < 4.78 is 0. The number of anilines is 1. The number of nitrogens with two attached hydrogens (primary N) is 1. The lowest BCUT2D eigenvalue weighted by Gasteiger charge is -2.13. The van der Waals surface area contributed by atoms with E-state index in [1.165, 1.54) is 0 Å². The molecule has 0 fully saturated rings. The highest BCUT2D eigenvalue weighted by atomic mass is 16.6. The zero-order chi connectivity index (χ0) is 14.6. The van der Waals surface area contributed by atoms with E-state index >= 15 is 0 Å². The molecule has 0 radical (unpaired) electrons. The monoisotopic (exact) mass is 270 g/mol. The number of nitro groups is 1. The predicted molar refractivity (Wildman–Crippen MR) is 66.0 cm³/mol. The zero-order valence-corrected chi connectivity index (χ0v) is 10.00. The molecule has 0 saturated heterocycles. The Morgan fingerprint density at radius 3 is 2.21 bits per heavy atom. The lowest BCUT2D eigenvalue weighted by molar-refractivity contribution is -0.385. The Morgan fingerprint density at radius 1 is 1.26 bits per heavy atom. The van der Waals surface area contributed by atoms with Gasteiger partial charge in [-0.1, -0.05) is 0 Å². The molecule has 0 bridgehead atoms. The van der Waals surface area contributed by atoms with Crippen LogP contribution in [0.5, 0.6) is 0 Å². The van der Waals surface area contributed by atoms with Crippen molar-refractivity contribution >= 4 is 17.3 Å². The third-order valence-electron chi connectivity index (χ3n) is 2.72. The number of hydrogen-bond donors (Lipinski definition) is 4. The van der Waals surface area contributed by atoms with Gasteiger partial charge < -0.3 is 21.1 Å². The van der Waals surface area contributed by atoms with E-state index in [2.05, 4.69) is 0 Å². The van der Waals surface area contributed by atoms with E-state index in [1.807, 2.05) is 0 Å². The number of rotatable bonds is 6. The van der Waals surface area contributed by atoms with E-state index in [0.717, 1.165) is 6.07 Å². The maximum atomic E-state index is 11.1. The molecular formula is C11H14N2O6. The van der Waals surface area contributed by atoms with Gasteiger partial charge in [-0.15, -0.1) is 0 Å². The Balaban J connectivity index is 3.59. The Morgan fingerprint density at radius 2 is 1.79 bits per heavy atom. The summed E-state index contributed by atoms with van der Waals surface area (Å²) in [5, 5.41) is 37.8. The number of nitrogen functional groups attached to an aromatic ring is 1. The van der Waals surface area contributed by atoms with E-state index in [9.17, 15) is 14.9 Å². The van der Waals surface area contributed by atoms with Gasteiger partial charge >= 0.3 is 5.97 Å². The maximum Gasteiger partial charge on any atom is 0.336 e. The molecule has 104 valence electrons. The van der Waals surface area contributed by atoms with Crippen LogP contribution in [0, 0.1) is 10.1 Å². The van der Waals surface area contributed by atoms with Crippen LogP contribution in [-0.2, 0) is 12.8 Å². The molecule has 1 aromatic rings. The summed E-state index contributed by atoms with van der Waals surface area (Å²) in [6, 6.07) is 0.911.